The molecule has 9 heteroatoms. The predicted octanol–water partition coefficient (Wildman–Crippen LogP) is 1.97. The molecule has 1 aromatic heterocycles. The largest absolute Gasteiger partial charge is 0.319 e. The highest BCUT2D eigenvalue weighted by Crippen LogP contribution is 2.19. The van der Waals surface area contributed by atoms with Crippen LogP contribution in [0.4, 0.5) is 8.78 Å². The lowest BCUT2D eigenvalue weighted by molar-refractivity contribution is 0.0658. The molecule has 0 unspecified atom stereocenters. The lowest BCUT2D eigenvalue weighted by atomic mass is 10.2. The monoisotopic (exact) mass is 326 g/mol. The minimum absolute atomic E-state index is 0.0717. The maximum Gasteiger partial charge on any atom is 0.319 e. The maximum atomic E-state index is 12.7. The number of hydrogen-bond donors (Lipinski definition) is 0. The van der Waals surface area contributed by atoms with E-state index in [4.69, 9.17) is 5.26 Å². The Labute approximate surface area is 126 Å². The quantitative estimate of drug-likeness (QED) is 0.841. The van der Waals surface area contributed by atoms with Gasteiger partial charge >= 0.3 is 6.55 Å². The number of nitriles is 1. The number of imidazole rings is 1. The van der Waals surface area contributed by atoms with Crippen LogP contribution in [0.2, 0.25) is 0 Å². The lowest BCUT2D eigenvalue weighted by Gasteiger charge is -2.17. The second kappa shape index (κ2) is 6.21. The Morgan fingerprint density at radius 1 is 1.45 bits per heavy atom. The van der Waals surface area contributed by atoms with Crippen LogP contribution in [0, 0.1) is 11.3 Å². The summed E-state index contributed by atoms with van der Waals surface area (Å²) in [6, 6.07) is 7.34. The molecular weight excluding hydrogens is 314 g/mol. The molecule has 0 saturated heterocycles. The third-order valence-electron chi connectivity index (χ3n) is 2.99. The molecule has 0 saturated carbocycles. The number of halogens is 2. The van der Waals surface area contributed by atoms with Crippen LogP contribution in [0.3, 0.4) is 0 Å². The van der Waals surface area contributed by atoms with Gasteiger partial charge in [0.15, 0.2) is 0 Å². The molecule has 0 amide bonds. The van der Waals surface area contributed by atoms with E-state index in [2.05, 4.69) is 4.98 Å². The molecular formula is C13H12F2N4O2S. The lowest BCUT2D eigenvalue weighted by Crippen LogP contribution is -2.28. The van der Waals surface area contributed by atoms with E-state index >= 15 is 0 Å². The van der Waals surface area contributed by atoms with E-state index in [0.717, 1.165) is 10.5 Å². The summed E-state index contributed by atoms with van der Waals surface area (Å²) in [6.45, 7) is -3.10. The fourth-order valence-corrected chi connectivity index (χ4v) is 3.01. The summed E-state index contributed by atoms with van der Waals surface area (Å²) in [7, 11) is -2.64. The minimum Gasteiger partial charge on any atom is -0.277 e. The summed E-state index contributed by atoms with van der Waals surface area (Å²) in [5, 5.41) is 8.82. The van der Waals surface area contributed by atoms with Gasteiger partial charge in [-0.1, -0.05) is 6.07 Å². The first-order chi connectivity index (χ1) is 10.4. The zero-order valence-electron chi connectivity index (χ0n) is 11.5. The third kappa shape index (κ3) is 3.13. The summed E-state index contributed by atoms with van der Waals surface area (Å²) in [5.41, 5.74) is 0.198. The van der Waals surface area contributed by atoms with Crippen molar-refractivity contribution in [3.8, 4) is 6.07 Å². The second-order valence-corrected chi connectivity index (χ2v) is 6.47. The standard InChI is InChI=1S/C13H12F2N4O2S/c1-18(9-12-17-5-6-19(12)13(14)15)22(20,21)11-4-2-3-10(7-11)8-16/h2-7,13H,9H2,1H3. The molecule has 0 radical (unpaired) electrons. The Balaban J connectivity index is 2.29. The average Bonchev–Trinajstić information content (AvgIpc) is 2.95. The first kappa shape index (κ1) is 16.1. The number of benzene rings is 1. The Hall–Kier alpha value is -2.31. The first-order valence-electron chi connectivity index (χ1n) is 6.12. The molecule has 1 aromatic carbocycles. The SMILES string of the molecule is CN(Cc1nccn1C(F)F)S(=O)(=O)c1cccc(C#N)c1. The highest BCUT2D eigenvalue weighted by molar-refractivity contribution is 7.89. The van der Waals surface area contributed by atoms with E-state index in [9.17, 15) is 17.2 Å². The molecule has 2 aromatic rings. The topological polar surface area (TPSA) is 79.0 Å². The van der Waals surface area contributed by atoms with Crippen molar-refractivity contribution in [2.24, 2.45) is 0 Å². The van der Waals surface area contributed by atoms with Crippen molar-refractivity contribution < 1.29 is 17.2 Å². The van der Waals surface area contributed by atoms with Crippen molar-refractivity contribution in [3.63, 3.8) is 0 Å². The predicted molar refractivity (Wildman–Crippen MR) is 73.3 cm³/mol. The van der Waals surface area contributed by atoms with Gasteiger partial charge in [-0.3, -0.25) is 4.57 Å². The molecule has 0 bridgehead atoms. The van der Waals surface area contributed by atoms with Crippen LogP contribution in [-0.2, 0) is 16.6 Å². The van der Waals surface area contributed by atoms with Crippen molar-refractivity contribution in [2.45, 2.75) is 18.0 Å². The fraction of sp³-hybridized carbons (Fsp3) is 0.231. The Morgan fingerprint density at radius 2 is 2.18 bits per heavy atom. The van der Waals surface area contributed by atoms with Gasteiger partial charge in [-0.2, -0.15) is 18.3 Å². The molecule has 0 fully saturated rings. The molecule has 0 aliphatic heterocycles. The molecule has 2 rings (SSSR count). The van der Waals surface area contributed by atoms with Crippen molar-refractivity contribution in [1.82, 2.24) is 13.9 Å². The van der Waals surface area contributed by atoms with Crippen LogP contribution >= 0.6 is 0 Å². The average molecular weight is 326 g/mol. The van der Waals surface area contributed by atoms with E-state index in [1.54, 1.807) is 0 Å². The van der Waals surface area contributed by atoms with Gasteiger partial charge in [0.1, 0.15) is 5.82 Å². The first-order valence-corrected chi connectivity index (χ1v) is 7.56. The summed E-state index contributed by atoms with van der Waals surface area (Å²) in [4.78, 5) is 3.66. The van der Waals surface area contributed by atoms with Crippen LogP contribution in [0.15, 0.2) is 41.6 Å². The zero-order chi connectivity index (χ0) is 16.3. The van der Waals surface area contributed by atoms with Gasteiger partial charge in [-0.15, -0.1) is 0 Å². The van der Waals surface area contributed by atoms with Crippen LogP contribution in [-0.4, -0.2) is 29.3 Å². The van der Waals surface area contributed by atoms with E-state index in [0.29, 0.717) is 4.57 Å². The van der Waals surface area contributed by atoms with Crippen molar-refractivity contribution in [3.05, 3.63) is 48.0 Å². The molecule has 6 nitrogen and oxygen atoms in total. The van der Waals surface area contributed by atoms with Crippen molar-refractivity contribution >= 4 is 10.0 Å². The van der Waals surface area contributed by atoms with Gasteiger partial charge in [0.05, 0.1) is 23.1 Å². The van der Waals surface area contributed by atoms with Crippen LogP contribution in [0.25, 0.3) is 0 Å². The van der Waals surface area contributed by atoms with Crippen molar-refractivity contribution in [1.29, 1.82) is 5.26 Å². The summed E-state index contributed by atoms with van der Waals surface area (Å²) in [5.74, 6) is -0.0717. The molecule has 116 valence electrons. The summed E-state index contributed by atoms with van der Waals surface area (Å²) < 4.78 is 51.8. The Morgan fingerprint density at radius 3 is 2.82 bits per heavy atom. The molecule has 0 atom stereocenters. The third-order valence-corrected chi connectivity index (χ3v) is 4.79. The van der Waals surface area contributed by atoms with E-state index in [-0.39, 0.29) is 22.8 Å². The highest BCUT2D eigenvalue weighted by Gasteiger charge is 2.23. The number of sulfonamides is 1. The number of hydrogen-bond acceptors (Lipinski definition) is 4. The number of rotatable bonds is 5. The number of aromatic nitrogens is 2. The summed E-state index contributed by atoms with van der Waals surface area (Å²) in [6.07, 6.45) is 2.26. The van der Waals surface area contributed by atoms with Crippen LogP contribution in [0.5, 0.6) is 0 Å². The van der Waals surface area contributed by atoms with Gasteiger partial charge in [0, 0.05) is 19.4 Å². The smallest absolute Gasteiger partial charge is 0.277 e. The van der Waals surface area contributed by atoms with Gasteiger partial charge < -0.3 is 0 Å². The Bertz CT molecular complexity index is 811. The molecule has 0 spiro atoms. The van der Waals surface area contributed by atoms with Gasteiger partial charge in [0.25, 0.3) is 0 Å². The molecule has 0 N–H and O–H groups in total. The van der Waals surface area contributed by atoms with Gasteiger partial charge in [0.2, 0.25) is 10.0 Å². The maximum absolute atomic E-state index is 12.7. The minimum atomic E-state index is -3.91. The highest BCUT2D eigenvalue weighted by atomic mass is 32.2. The van der Waals surface area contributed by atoms with E-state index < -0.39 is 16.6 Å². The van der Waals surface area contributed by atoms with E-state index in [1.807, 2.05) is 6.07 Å². The summed E-state index contributed by atoms with van der Waals surface area (Å²) >= 11 is 0. The number of alkyl halides is 2. The Kier molecular flexibility index (Phi) is 4.54. The molecule has 22 heavy (non-hydrogen) atoms. The molecule has 1 heterocycles. The second-order valence-electron chi connectivity index (χ2n) is 4.43. The normalized spacial score (nSPS) is 11.8. The van der Waals surface area contributed by atoms with Gasteiger partial charge in [-0.25, -0.2) is 13.4 Å². The zero-order valence-corrected chi connectivity index (χ0v) is 12.3. The molecule has 0 aliphatic carbocycles. The van der Waals surface area contributed by atoms with Crippen molar-refractivity contribution in [2.75, 3.05) is 7.05 Å². The number of nitrogens with zero attached hydrogens (tertiary/aromatic N) is 4. The fourth-order valence-electron chi connectivity index (χ4n) is 1.83. The molecule has 0 aliphatic rings. The van der Waals surface area contributed by atoms with Crippen LogP contribution < -0.4 is 0 Å². The van der Waals surface area contributed by atoms with Crippen LogP contribution in [0.1, 0.15) is 17.9 Å². The van der Waals surface area contributed by atoms with E-state index in [1.165, 1.54) is 37.5 Å². The van der Waals surface area contributed by atoms with Gasteiger partial charge in [-0.05, 0) is 18.2 Å².